The number of para-hydroxylation sites is 1. The van der Waals surface area contributed by atoms with Gasteiger partial charge in [0, 0.05) is 21.2 Å². The van der Waals surface area contributed by atoms with Crippen LogP contribution in [0.5, 0.6) is 0 Å². The fourth-order valence-electron chi connectivity index (χ4n) is 4.79. The van der Waals surface area contributed by atoms with Crippen molar-refractivity contribution in [3.63, 3.8) is 0 Å². The first-order valence-corrected chi connectivity index (χ1v) is 14.2. The number of ether oxygens (including phenoxy) is 1. The molecule has 2 heterocycles. The third-order valence-corrected chi connectivity index (χ3v) is 8.40. The van der Waals surface area contributed by atoms with Crippen LogP contribution < -0.4 is 10.0 Å². The second-order valence-electron chi connectivity index (χ2n) is 9.13. The molecule has 6 nitrogen and oxygen atoms in total. The topological polar surface area (TPSA) is 57.5 Å². The van der Waals surface area contributed by atoms with Crippen LogP contribution in [-0.4, -0.2) is 23.3 Å². The molecule has 1 atom stereocenters. The Morgan fingerprint density at radius 2 is 1.49 bits per heavy atom. The van der Waals surface area contributed by atoms with Crippen LogP contribution in [0.4, 0.5) is 11.4 Å². The van der Waals surface area contributed by atoms with E-state index in [4.69, 9.17) is 14.9 Å². The monoisotopic (exact) mass is 596 g/mol. The SMILES string of the molecule is CCOC(=O)C1=NN(c2ccc(Br)cc2)[C@@]2(S1)c1ccccc1C(c1ccc(C)cc1)=NN2c1ccccc1. The summed E-state index contributed by atoms with van der Waals surface area (Å²) in [5.74, 6) is -0.458. The number of carbonyl (C=O) groups excluding carboxylic acids is 1. The Bertz CT molecular complexity index is 1590. The van der Waals surface area contributed by atoms with Crippen LogP contribution in [0, 0.1) is 6.92 Å². The molecule has 6 rings (SSSR count). The lowest BCUT2D eigenvalue weighted by Gasteiger charge is -2.47. The van der Waals surface area contributed by atoms with Crippen molar-refractivity contribution in [2.24, 2.45) is 10.2 Å². The molecule has 194 valence electrons. The van der Waals surface area contributed by atoms with E-state index in [2.05, 4.69) is 59.3 Å². The van der Waals surface area contributed by atoms with E-state index in [1.807, 2.05) is 76.7 Å². The minimum atomic E-state index is -1.03. The lowest BCUT2D eigenvalue weighted by atomic mass is 9.93. The molecule has 1 spiro atoms. The number of rotatable bonds is 5. The molecule has 0 aromatic heterocycles. The maximum atomic E-state index is 13.1. The van der Waals surface area contributed by atoms with Crippen molar-refractivity contribution in [3.05, 3.63) is 130 Å². The number of aryl methyl sites for hydroxylation is 1. The number of hydrazone groups is 2. The van der Waals surface area contributed by atoms with Gasteiger partial charge in [0.2, 0.25) is 10.0 Å². The average Bonchev–Trinajstić information content (AvgIpc) is 3.36. The van der Waals surface area contributed by atoms with E-state index in [0.717, 1.165) is 38.2 Å². The van der Waals surface area contributed by atoms with E-state index < -0.39 is 11.0 Å². The smallest absolute Gasteiger partial charge is 0.365 e. The number of benzene rings is 4. The van der Waals surface area contributed by atoms with Crippen molar-refractivity contribution in [3.8, 4) is 0 Å². The first-order valence-electron chi connectivity index (χ1n) is 12.6. The Kier molecular flexibility index (Phi) is 6.74. The fourth-order valence-corrected chi connectivity index (χ4v) is 6.34. The Labute approximate surface area is 240 Å². The largest absolute Gasteiger partial charge is 0.461 e. The van der Waals surface area contributed by atoms with Crippen LogP contribution in [0.15, 0.2) is 118 Å². The average molecular weight is 598 g/mol. The molecule has 0 fully saturated rings. The van der Waals surface area contributed by atoms with Crippen molar-refractivity contribution < 1.29 is 9.53 Å². The number of halogens is 1. The molecular weight excluding hydrogens is 572 g/mol. The van der Waals surface area contributed by atoms with Gasteiger partial charge in [-0.1, -0.05) is 88.2 Å². The van der Waals surface area contributed by atoms with E-state index in [0.29, 0.717) is 0 Å². The Morgan fingerprint density at radius 3 is 2.21 bits per heavy atom. The van der Waals surface area contributed by atoms with Crippen molar-refractivity contribution in [1.29, 1.82) is 0 Å². The molecule has 0 saturated heterocycles. The van der Waals surface area contributed by atoms with Crippen molar-refractivity contribution >= 4 is 55.8 Å². The van der Waals surface area contributed by atoms with E-state index in [9.17, 15) is 4.79 Å². The highest BCUT2D eigenvalue weighted by Gasteiger charge is 2.56. The molecule has 0 radical (unpaired) electrons. The van der Waals surface area contributed by atoms with Gasteiger partial charge in [-0.2, -0.15) is 10.2 Å². The highest BCUT2D eigenvalue weighted by Crippen LogP contribution is 2.55. The summed E-state index contributed by atoms with van der Waals surface area (Å²) in [6.45, 7) is 4.13. The van der Waals surface area contributed by atoms with Crippen LogP contribution in [0.2, 0.25) is 0 Å². The molecule has 0 unspecified atom stereocenters. The molecule has 0 aliphatic carbocycles. The number of nitrogens with zero attached hydrogens (tertiary/aromatic N) is 4. The quantitative estimate of drug-likeness (QED) is 0.227. The maximum Gasteiger partial charge on any atom is 0.365 e. The van der Waals surface area contributed by atoms with Crippen LogP contribution >= 0.6 is 27.7 Å². The van der Waals surface area contributed by atoms with E-state index >= 15 is 0 Å². The number of fused-ring (bicyclic) bond motifs is 2. The number of esters is 1. The van der Waals surface area contributed by atoms with Gasteiger partial charge in [0.25, 0.3) is 0 Å². The second-order valence-corrected chi connectivity index (χ2v) is 11.2. The van der Waals surface area contributed by atoms with Crippen molar-refractivity contribution in [2.75, 3.05) is 16.6 Å². The minimum Gasteiger partial charge on any atom is -0.461 e. The van der Waals surface area contributed by atoms with Crippen molar-refractivity contribution in [1.82, 2.24) is 0 Å². The van der Waals surface area contributed by atoms with Crippen LogP contribution in [0.1, 0.15) is 29.2 Å². The molecular formula is C31H25BrN4O2S. The van der Waals surface area contributed by atoms with Crippen LogP contribution in [0.3, 0.4) is 0 Å². The lowest BCUT2D eigenvalue weighted by molar-refractivity contribution is -0.134. The van der Waals surface area contributed by atoms with Gasteiger partial charge >= 0.3 is 5.97 Å². The molecule has 2 aliphatic rings. The Morgan fingerprint density at radius 1 is 0.846 bits per heavy atom. The van der Waals surface area contributed by atoms with Gasteiger partial charge in [0.1, 0.15) is 0 Å². The zero-order valence-electron chi connectivity index (χ0n) is 21.4. The van der Waals surface area contributed by atoms with Crippen LogP contribution in [-0.2, 0) is 14.5 Å². The van der Waals surface area contributed by atoms with Gasteiger partial charge in [-0.25, -0.2) is 14.8 Å². The minimum absolute atomic E-state index is 0.262. The number of hydrogen-bond acceptors (Lipinski definition) is 7. The summed E-state index contributed by atoms with van der Waals surface area (Å²) in [5, 5.41) is 14.3. The number of hydrogen-bond donors (Lipinski definition) is 0. The highest BCUT2D eigenvalue weighted by atomic mass is 79.9. The van der Waals surface area contributed by atoms with Gasteiger partial charge < -0.3 is 4.74 Å². The third-order valence-electron chi connectivity index (χ3n) is 6.58. The van der Waals surface area contributed by atoms with E-state index in [1.54, 1.807) is 6.92 Å². The molecule has 0 amide bonds. The highest BCUT2D eigenvalue weighted by molar-refractivity contribution is 9.10. The number of anilines is 2. The molecule has 0 bridgehead atoms. The summed E-state index contributed by atoms with van der Waals surface area (Å²) in [7, 11) is 0. The normalized spacial score (nSPS) is 18.0. The van der Waals surface area contributed by atoms with Crippen molar-refractivity contribution in [2.45, 2.75) is 18.8 Å². The predicted octanol–water partition coefficient (Wildman–Crippen LogP) is 7.27. The molecule has 4 aromatic rings. The molecule has 2 aliphatic heterocycles. The summed E-state index contributed by atoms with van der Waals surface area (Å²) in [6, 6.07) is 34.5. The van der Waals surface area contributed by atoms with Gasteiger partial charge in [0.05, 0.1) is 23.7 Å². The first-order chi connectivity index (χ1) is 19.0. The van der Waals surface area contributed by atoms with E-state index in [-0.39, 0.29) is 11.7 Å². The first kappa shape index (κ1) is 25.4. The second kappa shape index (κ2) is 10.4. The molecule has 0 saturated carbocycles. The Hall–Kier alpha value is -3.88. The van der Waals surface area contributed by atoms with Gasteiger partial charge in [0.15, 0.2) is 0 Å². The van der Waals surface area contributed by atoms with Gasteiger partial charge in [-0.3, -0.25) is 0 Å². The lowest BCUT2D eigenvalue weighted by Crippen LogP contribution is -2.54. The number of carbonyl (C=O) groups is 1. The summed E-state index contributed by atoms with van der Waals surface area (Å²) < 4.78 is 6.36. The summed E-state index contributed by atoms with van der Waals surface area (Å²) in [4.78, 5) is 12.1. The fraction of sp³-hybridized carbons (Fsp3) is 0.129. The summed E-state index contributed by atoms with van der Waals surface area (Å²) in [6.07, 6.45) is 0. The Balaban J connectivity index is 1.64. The molecule has 8 heteroatoms. The predicted molar refractivity (Wildman–Crippen MR) is 162 cm³/mol. The third kappa shape index (κ3) is 4.43. The summed E-state index contributed by atoms with van der Waals surface area (Å²) in [5.41, 5.74) is 6.66. The zero-order chi connectivity index (χ0) is 27.0. The van der Waals surface area contributed by atoms with Gasteiger partial charge in [-0.05, 0) is 62.0 Å². The standard InChI is InChI=1S/C31H25BrN4O2S/c1-3-38-30(37)29-34-36(25-19-17-23(32)18-20-25)31(39-29)27-12-8-7-11-26(27)28(22-15-13-21(2)14-16-22)33-35(31)24-9-5-4-6-10-24/h4-20H,3H2,1-2H3/t31-/m1/s1. The van der Waals surface area contributed by atoms with Crippen LogP contribution in [0.25, 0.3) is 0 Å². The molecule has 39 heavy (non-hydrogen) atoms. The molecule has 4 aromatic carbocycles. The molecule has 0 N–H and O–H groups in total. The maximum absolute atomic E-state index is 13.1. The van der Waals surface area contributed by atoms with E-state index in [1.165, 1.54) is 17.3 Å². The van der Waals surface area contributed by atoms with Gasteiger partial charge in [-0.15, -0.1) is 0 Å². The zero-order valence-corrected chi connectivity index (χ0v) is 23.8. The number of thioether (sulfide) groups is 1. The summed E-state index contributed by atoms with van der Waals surface area (Å²) >= 11 is 4.89.